The van der Waals surface area contributed by atoms with Crippen LogP contribution in [0.5, 0.6) is 5.75 Å². The fourth-order valence-electron chi connectivity index (χ4n) is 3.87. The summed E-state index contributed by atoms with van der Waals surface area (Å²) in [5.74, 6) is 0.0785. The minimum Gasteiger partial charge on any atom is -0.495 e. The van der Waals surface area contributed by atoms with E-state index in [1.807, 2.05) is 11.0 Å². The number of methoxy groups -OCH3 is 1. The Morgan fingerprint density at radius 1 is 1.25 bits per heavy atom. The lowest BCUT2D eigenvalue weighted by molar-refractivity contribution is -0.127. The summed E-state index contributed by atoms with van der Waals surface area (Å²) in [7, 11) is 1.52. The molecule has 2 amide bonds. The summed E-state index contributed by atoms with van der Waals surface area (Å²) in [6.07, 6.45) is 5.83. The molecule has 0 radical (unpaired) electrons. The van der Waals surface area contributed by atoms with Gasteiger partial charge in [0.1, 0.15) is 11.6 Å². The molecule has 0 aliphatic carbocycles. The van der Waals surface area contributed by atoms with Crippen molar-refractivity contribution in [2.24, 2.45) is 0 Å². The van der Waals surface area contributed by atoms with Gasteiger partial charge in [-0.15, -0.1) is 0 Å². The molecule has 0 spiro atoms. The van der Waals surface area contributed by atoms with Gasteiger partial charge in [0.15, 0.2) is 0 Å². The quantitative estimate of drug-likeness (QED) is 0.528. The van der Waals surface area contributed by atoms with Crippen LogP contribution >= 0.6 is 0 Å². The molecular formula is C24H25FN4O3. The molecule has 1 saturated heterocycles. The molecule has 2 N–H and O–H groups in total. The highest BCUT2D eigenvalue weighted by Gasteiger charge is 2.20. The van der Waals surface area contributed by atoms with E-state index in [0.717, 1.165) is 24.0 Å². The summed E-state index contributed by atoms with van der Waals surface area (Å²) in [5, 5.41) is 10.9. The second-order valence-corrected chi connectivity index (χ2v) is 7.66. The predicted octanol–water partition coefficient (Wildman–Crippen LogP) is 3.62. The summed E-state index contributed by atoms with van der Waals surface area (Å²) in [5.41, 5.74) is 2.59. The van der Waals surface area contributed by atoms with Crippen molar-refractivity contribution in [2.45, 2.75) is 19.3 Å². The van der Waals surface area contributed by atoms with Gasteiger partial charge < -0.3 is 15.0 Å². The van der Waals surface area contributed by atoms with Crippen LogP contribution in [0.3, 0.4) is 0 Å². The lowest BCUT2D eigenvalue weighted by atomic mass is 10.1. The molecule has 0 unspecified atom stereocenters. The standard InChI is InChI=1S/C24H25FN4O3/c1-32-23-18(24(31)26-13-3-15-29-14-2-4-21(29)30)10-12-20-22(23)19(27-28-20)11-7-16-5-8-17(25)9-6-16/h5-12H,2-4,13-15H2,1H3,(H,26,31)(H,27,28). The molecule has 4 rings (SSSR count). The highest BCUT2D eigenvalue weighted by Crippen LogP contribution is 2.32. The van der Waals surface area contributed by atoms with E-state index in [9.17, 15) is 14.0 Å². The summed E-state index contributed by atoms with van der Waals surface area (Å²) in [6.45, 7) is 1.91. The number of carbonyl (C=O) groups excluding carboxylic acids is 2. The van der Waals surface area contributed by atoms with E-state index in [2.05, 4.69) is 15.5 Å². The van der Waals surface area contributed by atoms with Gasteiger partial charge >= 0.3 is 0 Å². The first kappa shape index (κ1) is 21.5. The molecule has 0 bridgehead atoms. The van der Waals surface area contributed by atoms with Gasteiger partial charge in [0.25, 0.3) is 5.91 Å². The largest absolute Gasteiger partial charge is 0.495 e. The molecule has 166 valence electrons. The van der Waals surface area contributed by atoms with Crippen LogP contribution in [-0.2, 0) is 4.79 Å². The molecular weight excluding hydrogens is 411 g/mol. The molecule has 3 aromatic rings. The second-order valence-electron chi connectivity index (χ2n) is 7.66. The average Bonchev–Trinajstić information content (AvgIpc) is 3.41. The number of likely N-dealkylation sites (tertiary alicyclic amines) is 1. The summed E-state index contributed by atoms with van der Waals surface area (Å²) < 4.78 is 18.7. The molecule has 2 aromatic carbocycles. The normalized spacial score (nSPS) is 13.9. The van der Waals surface area contributed by atoms with E-state index in [1.165, 1.54) is 19.2 Å². The number of nitrogens with zero attached hydrogens (tertiary/aromatic N) is 2. The fourth-order valence-corrected chi connectivity index (χ4v) is 3.87. The Kier molecular flexibility index (Phi) is 6.49. The van der Waals surface area contributed by atoms with Crippen molar-refractivity contribution in [2.75, 3.05) is 26.7 Å². The molecule has 32 heavy (non-hydrogen) atoms. The molecule has 1 aliphatic heterocycles. The first-order valence-corrected chi connectivity index (χ1v) is 10.6. The van der Waals surface area contributed by atoms with Gasteiger partial charge in [0.05, 0.1) is 29.3 Å². The Balaban J connectivity index is 1.49. The Morgan fingerprint density at radius 3 is 2.78 bits per heavy atom. The van der Waals surface area contributed by atoms with Gasteiger partial charge in [0, 0.05) is 26.1 Å². The number of amides is 2. The van der Waals surface area contributed by atoms with Crippen LogP contribution < -0.4 is 10.1 Å². The minimum atomic E-state index is -0.295. The molecule has 1 aliphatic rings. The van der Waals surface area contributed by atoms with Crippen molar-refractivity contribution in [1.82, 2.24) is 20.4 Å². The van der Waals surface area contributed by atoms with Crippen molar-refractivity contribution in [1.29, 1.82) is 0 Å². The average molecular weight is 436 g/mol. The smallest absolute Gasteiger partial charge is 0.255 e. The number of halogens is 1. The van der Waals surface area contributed by atoms with Crippen molar-refractivity contribution in [3.63, 3.8) is 0 Å². The van der Waals surface area contributed by atoms with Gasteiger partial charge in [-0.25, -0.2) is 4.39 Å². The number of carbonyl (C=O) groups is 2. The molecule has 8 heteroatoms. The van der Waals surface area contributed by atoms with Crippen molar-refractivity contribution in [3.8, 4) is 5.75 Å². The van der Waals surface area contributed by atoms with Crippen molar-refractivity contribution >= 4 is 34.9 Å². The zero-order valence-corrected chi connectivity index (χ0v) is 17.9. The number of nitrogens with one attached hydrogen (secondary N) is 2. The molecule has 1 fully saturated rings. The Bertz CT molecular complexity index is 1150. The Morgan fingerprint density at radius 2 is 2.06 bits per heavy atom. The van der Waals surface area contributed by atoms with Crippen molar-refractivity contribution < 1.29 is 18.7 Å². The number of aromatic nitrogens is 2. The maximum absolute atomic E-state index is 13.1. The van der Waals surface area contributed by atoms with Crippen LogP contribution in [0.25, 0.3) is 23.1 Å². The van der Waals surface area contributed by atoms with Gasteiger partial charge in [0.2, 0.25) is 5.91 Å². The third kappa shape index (κ3) is 4.64. The number of fused-ring (bicyclic) bond motifs is 1. The van der Waals surface area contributed by atoms with Crippen LogP contribution in [-0.4, -0.2) is 53.7 Å². The minimum absolute atomic E-state index is 0.185. The van der Waals surface area contributed by atoms with Crippen LogP contribution in [0.1, 0.15) is 40.9 Å². The van der Waals surface area contributed by atoms with E-state index < -0.39 is 0 Å². The fraction of sp³-hybridized carbons (Fsp3) is 0.292. The first-order valence-electron chi connectivity index (χ1n) is 10.6. The third-order valence-corrected chi connectivity index (χ3v) is 5.52. The Labute approximate surface area is 185 Å². The second kappa shape index (κ2) is 9.64. The van der Waals surface area contributed by atoms with Crippen LogP contribution in [0.15, 0.2) is 36.4 Å². The number of hydrogen-bond donors (Lipinski definition) is 2. The number of hydrogen-bond acceptors (Lipinski definition) is 4. The van der Waals surface area contributed by atoms with E-state index in [4.69, 9.17) is 4.74 Å². The Hall–Kier alpha value is -3.68. The zero-order chi connectivity index (χ0) is 22.5. The maximum Gasteiger partial charge on any atom is 0.255 e. The number of H-pyrrole nitrogens is 1. The molecule has 0 atom stereocenters. The predicted molar refractivity (Wildman–Crippen MR) is 121 cm³/mol. The molecule has 2 heterocycles. The lowest BCUT2D eigenvalue weighted by Gasteiger charge is -2.15. The SMILES string of the molecule is COc1c(C(=O)NCCCN2CCCC2=O)ccc2[nH]nc(C=Cc3ccc(F)cc3)c12. The molecule has 0 saturated carbocycles. The van der Waals surface area contributed by atoms with Gasteiger partial charge in [-0.2, -0.15) is 5.10 Å². The van der Waals surface area contributed by atoms with E-state index in [1.54, 1.807) is 30.3 Å². The molecule has 1 aromatic heterocycles. The van der Waals surface area contributed by atoms with Gasteiger partial charge in [-0.1, -0.05) is 18.2 Å². The zero-order valence-electron chi connectivity index (χ0n) is 17.9. The monoisotopic (exact) mass is 436 g/mol. The lowest BCUT2D eigenvalue weighted by Crippen LogP contribution is -2.30. The summed E-state index contributed by atoms with van der Waals surface area (Å²) in [6, 6.07) is 9.62. The van der Waals surface area contributed by atoms with Crippen molar-refractivity contribution in [3.05, 3.63) is 59.0 Å². The summed E-state index contributed by atoms with van der Waals surface area (Å²) >= 11 is 0. The van der Waals surface area contributed by atoms with E-state index in [-0.39, 0.29) is 17.6 Å². The number of rotatable bonds is 8. The van der Waals surface area contributed by atoms with Gasteiger partial charge in [-0.05, 0) is 48.7 Å². The van der Waals surface area contributed by atoms with Crippen LogP contribution in [0.4, 0.5) is 4.39 Å². The van der Waals surface area contributed by atoms with Crippen LogP contribution in [0, 0.1) is 5.82 Å². The van der Waals surface area contributed by atoms with E-state index >= 15 is 0 Å². The highest BCUT2D eigenvalue weighted by molar-refractivity contribution is 6.05. The van der Waals surface area contributed by atoms with Crippen LogP contribution in [0.2, 0.25) is 0 Å². The third-order valence-electron chi connectivity index (χ3n) is 5.52. The number of ether oxygens (including phenoxy) is 1. The van der Waals surface area contributed by atoms with Gasteiger partial charge in [-0.3, -0.25) is 14.7 Å². The first-order chi connectivity index (χ1) is 15.6. The number of aromatic amines is 1. The maximum atomic E-state index is 13.1. The highest BCUT2D eigenvalue weighted by atomic mass is 19.1. The number of benzene rings is 2. The topological polar surface area (TPSA) is 87.3 Å². The summed E-state index contributed by atoms with van der Waals surface area (Å²) in [4.78, 5) is 26.3. The van der Waals surface area contributed by atoms with E-state index in [0.29, 0.717) is 48.3 Å². The molecule has 7 nitrogen and oxygen atoms in total.